The predicted molar refractivity (Wildman–Crippen MR) is 84.6 cm³/mol. The van der Waals surface area contributed by atoms with Crippen LogP contribution < -0.4 is 5.32 Å². The van der Waals surface area contributed by atoms with Gasteiger partial charge in [0, 0.05) is 19.8 Å². The number of nitrogens with one attached hydrogen (secondary N) is 1. The predicted octanol–water partition coefficient (Wildman–Crippen LogP) is 0.959. The van der Waals surface area contributed by atoms with Gasteiger partial charge >= 0.3 is 11.9 Å². The number of amides is 1. The molecule has 0 atom stereocenters. The van der Waals surface area contributed by atoms with Crippen LogP contribution in [0.5, 0.6) is 0 Å². The molecule has 0 saturated heterocycles. The normalized spacial score (nSPS) is 10.7. The van der Waals surface area contributed by atoms with E-state index in [-0.39, 0.29) is 18.0 Å². The molecular formula is C16H20N2O5. The number of rotatable bonds is 6. The zero-order valence-electron chi connectivity index (χ0n) is 13.6. The second-order valence-corrected chi connectivity index (χ2v) is 4.86. The van der Waals surface area contributed by atoms with E-state index in [1.165, 1.54) is 19.1 Å². The van der Waals surface area contributed by atoms with E-state index < -0.39 is 11.9 Å². The van der Waals surface area contributed by atoms with Crippen LogP contribution in [0, 0.1) is 0 Å². The molecule has 1 aromatic carbocycles. The Balaban J connectivity index is 2.97. The summed E-state index contributed by atoms with van der Waals surface area (Å²) in [5, 5.41) is 2.80. The highest BCUT2D eigenvalue weighted by Crippen LogP contribution is 2.15. The molecule has 0 aromatic heterocycles. The molecule has 124 valence electrons. The minimum atomic E-state index is -0.704. The smallest absolute Gasteiger partial charge is 0.354 e. The number of likely N-dealkylation sites (N-methyl/N-ethyl adjacent to an activating group) is 1. The van der Waals surface area contributed by atoms with Gasteiger partial charge in [-0.25, -0.2) is 9.59 Å². The van der Waals surface area contributed by atoms with Crippen molar-refractivity contribution in [3.05, 3.63) is 41.6 Å². The fraction of sp³-hybridized carbons (Fsp3) is 0.312. The van der Waals surface area contributed by atoms with Gasteiger partial charge in [-0.3, -0.25) is 4.79 Å². The van der Waals surface area contributed by atoms with Crippen LogP contribution >= 0.6 is 0 Å². The fourth-order valence-corrected chi connectivity index (χ4v) is 1.68. The molecule has 1 N–H and O–H groups in total. The second-order valence-electron chi connectivity index (χ2n) is 4.86. The molecule has 0 unspecified atom stereocenters. The standard InChI is InChI=1S/C16H20N2O5/c1-18(2)14(19)9-11-6-5-7-12(8-11)17-13(16(21)23-4)10-15(20)22-3/h5-8,10,17H,9H2,1-4H3/b13-10+. The van der Waals surface area contributed by atoms with Crippen LogP contribution in [-0.2, 0) is 30.3 Å². The van der Waals surface area contributed by atoms with Gasteiger partial charge in [-0.2, -0.15) is 0 Å². The number of hydrogen-bond donors (Lipinski definition) is 1. The summed E-state index contributed by atoms with van der Waals surface area (Å²) >= 11 is 0. The van der Waals surface area contributed by atoms with E-state index in [1.54, 1.807) is 38.4 Å². The van der Waals surface area contributed by atoms with Gasteiger partial charge in [0.25, 0.3) is 0 Å². The number of carbonyl (C=O) groups excluding carboxylic acids is 3. The highest BCUT2D eigenvalue weighted by Gasteiger charge is 2.13. The van der Waals surface area contributed by atoms with E-state index in [2.05, 4.69) is 14.8 Å². The molecule has 0 radical (unpaired) electrons. The van der Waals surface area contributed by atoms with Gasteiger partial charge in [-0.15, -0.1) is 0 Å². The number of carbonyl (C=O) groups is 3. The van der Waals surface area contributed by atoms with Crippen molar-refractivity contribution in [1.29, 1.82) is 0 Å². The lowest BCUT2D eigenvalue weighted by Crippen LogP contribution is -2.23. The van der Waals surface area contributed by atoms with E-state index in [1.807, 2.05) is 0 Å². The molecule has 0 saturated carbocycles. The van der Waals surface area contributed by atoms with Gasteiger partial charge < -0.3 is 19.7 Å². The molecule has 0 aliphatic rings. The van der Waals surface area contributed by atoms with Crippen LogP contribution in [-0.4, -0.2) is 51.1 Å². The van der Waals surface area contributed by atoms with Crippen molar-refractivity contribution >= 4 is 23.5 Å². The van der Waals surface area contributed by atoms with E-state index >= 15 is 0 Å². The van der Waals surface area contributed by atoms with Gasteiger partial charge in [0.05, 0.1) is 26.7 Å². The Bertz CT molecular complexity index is 623. The average Bonchev–Trinajstić information content (AvgIpc) is 2.53. The molecule has 7 heteroatoms. The third-order valence-electron chi connectivity index (χ3n) is 2.93. The Labute approximate surface area is 134 Å². The maximum atomic E-state index is 11.7. The first-order chi connectivity index (χ1) is 10.9. The van der Waals surface area contributed by atoms with E-state index in [0.29, 0.717) is 5.69 Å². The summed E-state index contributed by atoms with van der Waals surface area (Å²) in [5.41, 5.74) is 1.26. The van der Waals surface area contributed by atoms with Crippen molar-refractivity contribution in [2.75, 3.05) is 33.6 Å². The maximum Gasteiger partial charge on any atom is 0.354 e. The van der Waals surface area contributed by atoms with Gasteiger partial charge in [0.1, 0.15) is 5.70 Å². The maximum absolute atomic E-state index is 11.7. The SMILES string of the molecule is COC(=O)/C=C(/Nc1cccc(CC(=O)N(C)C)c1)C(=O)OC. The molecule has 0 fully saturated rings. The van der Waals surface area contributed by atoms with Crippen molar-refractivity contribution < 1.29 is 23.9 Å². The van der Waals surface area contributed by atoms with Crippen LogP contribution in [0.25, 0.3) is 0 Å². The number of benzene rings is 1. The molecule has 1 aromatic rings. The summed E-state index contributed by atoms with van der Waals surface area (Å²) < 4.78 is 9.12. The van der Waals surface area contributed by atoms with Gasteiger partial charge in [-0.05, 0) is 17.7 Å². The summed E-state index contributed by atoms with van der Waals surface area (Å²) in [6.45, 7) is 0. The molecule has 0 bridgehead atoms. The number of esters is 2. The summed E-state index contributed by atoms with van der Waals surface area (Å²) in [6.07, 6.45) is 1.24. The topological polar surface area (TPSA) is 84.9 Å². The van der Waals surface area contributed by atoms with E-state index in [4.69, 9.17) is 0 Å². The Kier molecular flexibility index (Phi) is 6.79. The molecule has 1 amide bonds. The lowest BCUT2D eigenvalue weighted by atomic mass is 10.1. The molecule has 0 spiro atoms. The Morgan fingerprint density at radius 2 is 1.87 bits per heavy atom. The van der Waals surface area contributed by atoms with Crippen LogP contribution in [0.1, 0.15) is 5.56 Å². The zero-order chi connectivity index (χ0) is 17.4. The third kappa shape index (κ3) is 5.82. The average molecular weight is 320 g/mol. The monoisotopic (exact) mass is 320 g/mol. The van der Waals surface area contributed by atoms with Crippen LogP contribution in [0.4, 0.5) is 5.69 Å². The lowest BCUT2D eigenvalue weighted by molar-refractivity contribution is -0.138. The van der Waals surface area contributed by atoms with Crippen molar-refractivity contribution in [2.45, 2.75) is 6.42 Å². The van der Waals surface area contributed by atoms with Gasteiger partial charge in [-0.1, -0.05) is 12.1 Å². The van der Waals surface area contributed by atoms with Crippen LogP contribution in [0.3, 0.4) is 0 Å². The molecule has 7 nitrogen and oxygen atoms in total. The quantitative estimate of drug-likeness (QED) is 0.621. The van der Waals surface area contributed by atoms with Crippen molar-refractivity contribution in [1.82, 2.24) is 4.90 Å². The first-order valence-electron chi connectivity index (χ1n) is 6.81. The molecule has 0 heterocycles. The third-order valence-corrected chi connectivity index (χ3v) is 2.93. The minimum absolute atomic E-state index is 0.0413. The van der Waals surface area contributed by atoms with Crippen molar-refractivity contribution in [3.8, 4) is 0 Å². The molecule has 0 aliphatic heterocycles. The number of anilines is 1. The van der Waals surface area contributed by atoms with E-state index in [9.17, 15) is 14.4 Å². The number of ether oxygens (including phenoxy) is 2. The highest BCUT2D eigenvalue weighted by molar-refractivity contribution is 5.98. The minimum Gasteiger partial charge on any atom is -0.466 e. The molecule has 0 aliphatic carbocycles. The van der Waals surface area contributed by atoms with Crippen LogP contribution in [0.15, 0.2) is 36.0 Å². The molecular weight excluding hydrogens is 300 g/mol. The second kappa shape index (κ2) is 8.57. The van der Waals surface area contributed by atoms with Crippen molar-refractivity contribution in [3.63, 3.8) is 0 Å². The summed E-state index contributed by atoms with van der Waals surface area (Å²) in [5.74, 6) is -1.43. The Morgan fingerprint density at radius 3 is 2.43 bits per heavy atom. The fourth-order valence-electron chi connectivity index (χ4n) is 1.68. The van der Waals surface area contributed by atoms with Gasteiger partial charge in [0.15, 0.2) is 0 Å². The first kappa shape index (κ1) is 18.2. The summed E-state index contributed by atoms with van der Waals surface area (Å²) in [6, 6.07) is 6.97. The van der Waals surface area contributed by atoms with Gasteiger partial charge in [0.2, 0.25) is 5.91 Å². The lowest BCUT2D eigenvalue weighted by Gasteiger charge is -2.12. The molecule has 1 rings (SSSR count). The number of methoxy groups -OCH3 is 2. The summed E-state index contributed by atoms with van der Waals surface area (Å²) in [4.78, 5) is 36.3. The van der Waals surface area contributed by atoms with E-state index in [0.717, 1.165) is 11.6 Å². The van der Waals surface area contributed by atoms with Crippen LogP contribution in [0.2, 0.25) is 0 Å². The first-order valence-corrected chi connectivity index (χ1v) is 6.81. The number of hydrogen-bond acceptors (Lipinski definition) is 6. The zero-order valence-corrected chi connectivity index (χ0v) is 13.6. The number of nitrogens with zero attached hydrogens (tertiary/aromatic N) is 1. The Morgan fingerprint density at radius 1 is 1.17 bits per heavy atom. The largest absolute Gasteiger partial charge is 0.466 e. The highest BCUT2D eigenvalue weighted by atomic mass is 16.5. The summed E-state index contributed by atoms with van der Waals surface area (Å²) in [7, 11) is 5.78. The van der Waals surface area contributed by atoms with Crippen molar-refractivity contribution in [2.24, 2.45) is 0 Å². The molecule has 23 heavy (non-hydrogen) atoms. The Hall–Kier alpha value is -2.83.